The molecule has 1 aliphatic heterocycles. The van der Waals surface area contributed by atoms with Crippen LogP contribution in [-0.2, 0) is 10.9 Å². The summed E-state index contributed by atoms with van der Waals surface area (Å²) in [6.45, 7) is 8.46. The van der Waals surface area contributed by atoms with Crippen molar-refractivity contribution in [3.05, 3.63) is 18.0 Å². The molecule has 0 radical (unpaired) electrons. The Bertz CT molecular complexity index is 845. The number of ether oxygens (including phenoxy) is 1. The smallest absolute Gasteiger partial charge is 0.444 e. The largest absolute Gasteiger partial charge is 0.453 e. The number of piperazine rings is 1. The summed E-state index contributed by atoms with van der Waals surface area (Å²) in [5, 5.41) is 10.7. The van der Waals surface area contributed by atoms with Crippen LogP contribution in [-0.4, -0.2) is 62.1 Å². The Morgan fingerprint density at radius 2 is 1.89 bits per heavy atom. The summed E-state index contributed by atoms with van der Waals surface area (Å²) in [6.07, 6.45) is -5.05. The van der Waals surface area contributed by atoms with Crippen molar-refractivity contribution in [3.8, 4) is 0 Å². The van der Waals surface area contributed by atoms with E-state index < -0.39 is 23.7 Å². The third kappa shape index (κ3) is 4.06. The number of halogens is 3. The average Bonchev–Trinajstić information content (AvgIpc) is 2.96. The van der Waals surface area contributed by atoms with Gasteiger partial charge in [-0.15, -0.1) is 15.3 Å². The topological polar surface area (TPSA) is 75.9 Å². The van der Waals surface area contributed by atoms with E-state index in [1.165, 1.54) is 6.07 Å². The summed E-state index contributed by atoms with van der Waals surface area (Å²) < 4.78 is 45.2. The lowest BCUT2D eigenvalue weighted by molar-refractivity contribution is -0.146. The van der Waals surface area contributed by atoms with Crippen LogP contribution in [0.1, 0.15) is 33.5 Å². The summed E-state index contributed by atoms with van der Waals surface area (Å²) in [4.78, 5) is 15.7. The third-order valence-electron chi connectivity index (χ3n) is 4.08. The zero-order valence-electron chi connectivity index (χ0n) is 15.5. The van der Waals surface area contributed by atoms with Gasteiger partial charge in [-0.05, 0) is 39.8 Å². The first-order valence-corrected chi connectivity index (χ1v) is 8.50. The van der Waals surface area contributed by atoms with Gasteiger partial charge in [-0.3, -0.25) is 0 Å². The van der Waals surface area contributed by atoms with Crippen molar-refractivity contribution in [3.63, 3.8) is 0 Å². The van der Waals surface area contributed by atoms with Gasteiger partial charge < -0.3 is 14.5 Å². The molecule has 1 saturated heterocycles. The van der Waals surface area contributed by atoms with Gasteiger partial charge in [-0.25, -0.2) is 4.79 Å². The number of nitrogens with zero attached hydrogens (tertiary/aromatic N) is 6. The van der Waals surface area contributed by atoms with Gasteiger partial charge in [-0.2, -0.15) is 17.7 Å². The first kappa shape index (κ1) is 19.2. The van der Waals surface area contributed by atoms with Crippen molar-refractivity contribution in [2.75, 3.05) is 24.5 Å². The van der Waals surface area contributed by atoms with Gasteiger partial charge >= 0.3 is 12.3 Å². The Hall–Kier alpha value is -2.59. The molecule has 1 atom stereocenters. The minimum atomic E-state index is -4.65. The molecule has 2 aromatic rings. The molecule has 27 heavy (non-hydrogen) atoms. The molecule has 2 aromatic heterocycles. The van der Waals surface area contributed by atoms with Gasteiger partial charge in [0, 0.05) is 25.7 Å². The molecule has 1 aliphatic rings. The Kier molecular flexibility index (Phi) is 4.64. The van der Waals surface area contributed by atoms with Gasteiger partial charge in [0.2, 0.25) is 0 Å². The maximum atomic E-state index is 13.0. The Balaban J connectivity index is 1.78. The molecule has 0 spiro atoms. The predicted octanol–water partition coefficient (Wildman–Crippen LogP) is 2.59. The fourth-order valence-corrected chi connectivity index (χ4v) is 2.88. The highest BCUT2D eigenvalue weighted by Crippen LogP contribution is 2.28. The molecule has 3 heterocycles. The Morgan fingerprint density at radius 3 is 2.48 bits per heavy atom. The van der Waals surface area contributed by atoms with Crippen LogP contribution >= 0.6 is 0 Å². The molecule has 0 aliphatic carbocycles. The highest BCUT2D eigenvalue weighted by molar-refractivity contribution is 5.69. The second-order valence-corrected chi connectivity index (χ2v) is 7.45. The molecule has 0 saturated carbocycles. The van der Waals surface area contributed by atoms with Crippen LogP contribution in [0.3, 0.4) is 0 Å². The lowest BCUT2D eigenvalue weighted by atomic mass is 10.2. The quantitative estimate of drug-likeness (QED) is 0.750. The molecule has 8 nitrogen and oxygen atoms in total. The van der Waals surface area contributed by atoms with Crippen LogP contribution in [0.5, 0.6) is 0 Å². The van der Waals surface area contributed by atoms with Crippen LogP contribution in [0.2, 0.25) is 0 Å². The van der Waals surface area contributed by atoms with Crippen molar-refractivity contribution in [2.45, 2.75) is 45.5 Å². The number of carbonyl (C=O) groups is 1. The molecule has 148 valence electrons. The lowest BCUT2D eigenvalue weighted by Gasteiger charge is -2.40. The van der Waals surface area contributed by atoms with E-state index in [0.717, 1.165) is 0 Å². The summed E-state index contributed by atoms with van der Waals surface area (Å²) in [5.41, 5.74) is -0.574. The van der Waals surface area contributed by atoms with E-state index in [-0.39, 0.29) is 11.7 Å². The zero-order chi connectivity index (χ0) is 20.0. The van der Waals surface area contributed by atoms with Crippen LogP contribution in [0, 0.1) is 0 Å². The highest BCUT2D eigenvalue weighted by Gasteiger charge is 2.38. The van der Waals surface area contributed by atoms with Crippen molar-refractivity contribution in [1.29, 1.82) is 0 Å². The molecular formula is C16H21F3N6O2. The van der Waals surface area contributed by atoms with Gasteiger partial charge in [0.1, 0.15) is 11.4 Å². The molecule has 0 unspecified atom stereocenters. The minimum Gasteiger partial charge on any atom is -0.444 e. The minimum absolute atomic E-state index is 0.0199. The number of rotatable bonds is 1. The predicted molar refractivity (Wildman–Crippen MR) is 90.4 cm³/mol. The number of hydrogen-bond acceptors (Lipinski definition) is 6. The van der Waals surface area contributed by atoms with Gasteiger partial charge in [0.25, 0.3) is 5.82 Å². The second kappa shape index (κ2) is 6.54. The van der Waals surface area contributed by atoms with E-state index in [1.54, 1.807) is 31.7 Å². The number of hydrogen-bond donors (Lipinski definition) is 0. The van der Waals surface area contributed by atoms with E-state index >= 15 is 0 Å². The lowest BCUT2D eigenvalue weighted by Crippen LogP contribution is -2.55. The standard InChI is InChI=1S/C16H21F3N6O2/c1-10-9-23(7-8-24(10)14(26)27-15(2,3)4)12-6-5-11-20-21-13(16(17,18)19)25(11)22-12/h5-6,10H,7-9H2,1-4H3/t10-/m1/s1. The van der Waals surface area contributed by atoms with Crippen LogP contribution in [0.25, 0.3) is 5.65 Å². The van der Waals surface area contributed by atoms with E-state index in [4.69, 9.17) is 4.74 Å². The van der Waals surface area contributed by atoms with Crippen LogP contribution in [0.15, 0.2) is 12.1 Å². The fourth-order valence-electron chi connectivity index (χ4n) is 2.88. The van der Waals surface area contributed by atoms with Gasteiger partial charge in [-0.1, -0.05) is 0 Å². The van der Waals surface area contributed by atoms with Crippen LogP contribution in [0.4, 0.5) is 23.8 Å². The summed E-state index contributed by atoms with van der Waals surface area (Å²) in [7, 11) is 0. The molecular weight excluding hydrogens is 365 g/mol. The van der Waals surface area contributed by atoms with E-state index in [9.17, 15) is 18.0 Å². The second-order valence-electron chi connectivity index (χ2n) is 7.45. The van der Waals surface area contributed by atoms with Crippen molar-refractivity contribution in [2.24, 2.45) is 0 Å². The van der Waals surface area contributed by atoms with Crippen molar-refractivity contribution < 1.29 is 22.7 Å². The highest BCUT2D eigenvalue weighted by atomic mass is 19.4. The molecule has 3 rings (SSSR count). The van der Waals surface area contributed by atoms with E-state index in [0.29, 0.717) is 30.0 Å². The average molecular weight is 386 g/mol. The number of carbonyl (C=O) groups excluding carboxylic acids is 1. The summed E-state index contributed by atoms with van der Waals surface area (Å²) in [6, 6.07) is 2.85. The summed E-state index contributed by atoms with van der Waals surface area (Å²) in [5.74, 6) is -0.803. The number of amides is 1. The van der Waals surface area contributed by atoms with Gasteiger partial charge in [0.05, 0.1) is 0 Å². The maximum Gasteiger partial charge on any atom is 0.453 e. The number of alkyl halides is 3. The molecule has 11 heteroatoms. The number of aromatic nitrogens is 4. The number of anilines is 1. The van der Waals surface area contributed by atoms with E-state index in [2.05, 4.69) is 15.3 Å². The monoisotopic (exact) mass is 386 g/mol. The molecule has 0 aromatic carbocycles. The molecule has 0 bridgehead atoms. The molecule has 0 N–H and O–H groups in total. The molecule has 1 amide bonds. The van der Waals surface area contributed by atoms with E-state index in [1.807, 2.05) is 11.8 Å². The Labute approximate surface area is 153 Å². The first-order chi connectivity index (χ1) is 12.5. The van der Waals surface area contributed by atoms with Crippen molar-refractivity contribution in [1.82, 2.24) is 24.7 Å². The SMILES string of the molecule is C[C@@H]1CN(c2ccc3nnc(C(F)(F)F)n3n2)CCN1C(=O)OC(C)(C)C. The molecule has 1 fully saturated rings. The zero-order valence-corrected chi connectivity index (χ0v) is 15.5. The summed E-state index contributed by atoms with van der Waals surface area (Å²) >= 11 is 0. The van der Waals surface area contributed by atoms with Crippen molar-refractivity contribution >= 4 is 17.6 Å². The third-order valence-corrected chi connectivity index (χ3v) is 4.08. The number of fused-ring (bicyclic) bond motifs is 1. The van der Waals surface area contributed by atoms with Gasteiger partial charge in [0.15, 0.2) is 5.65 Å². The normalized spacial score (nSPS) is 18.9. The first-order valence-electron chi connectivity index (χ1n) is 8.50. The Morgan fingerprint density at radius 1 is 1.19 bits per heavy atom. The maximum absolute atomic E-state index is 13.0. The fraction of sp³-hybridized carbons (Fsp3) is 0.625. The van der Waals surface area contributed by atoms with Crippen LogP contribution < -0.4 is 4.90 Å².